The van der Waals surface area contributed by atoms with Gasteiger partial charge in [-0.3, -0.25) is 0 Å². The van der Waals surface area contributed by atoms with Crippen molar-refractivity contribution in [2.75, 3.05) is 25.1 Å². The molecule has 118 valence electrons. The molecule has 1 aromatic heterocycles. The molecule has 1 aliphatic heterocycles. The van der Waals surface area contributed by atoms with E-state index in [2.05, 4.69) is 37.6 Å². The zero-order valence-corrected chi connectivity index (χ0v) is 13.8. The first-order chi connectivity index (χ1) is 9.81. The standard InChI is InChI=1S/C16H27N3O2/c1-11-6-7-19(9-13(11)20)14-8-12(10-21-5)17-15(18-14)16(2,3)4/h8,11,13,20H,6-7,9-10H2,1-5H3. The molecule has 1 saturated heterocycles. The molecule has 21 heavy (non-hydrogen) atoms. The lowest BCUT2D eigenvalue weighted by Crippen LogP contribution is -2.43. The van der Waals surface area contributed by atoms with Gasteiger partial charge in [0, 0.05) is 31.7 Å². The van der Waals surface area contributed by atoms with E-state index in [-0.39, 0.29) is 11.5 Å². The van der Waals surface area contributed by atoms with E-state index in [4.69, 9.17) is 9.72 Å². The molecule has 1 fully saturated rings. The van der Waals surface area contributed by atoms with Crippen molar-refractivity contribution in [1.82, 2.24) is 9.97 Å². The Labute approximate surface area is 127 Å². The monoisotopic (exact) mass is 293 g/mol. The molecule has 1 aliphatic rings. The number of ether oxygens (including phenoxy) is 1. The van der Waals surface area contributed by atoms with Crippen molar-refractivity contribution in [3.8, 4) is 0 Å². The maximum absolute atomic E-state index is 10.1. The summed E-state index contributed by atoms with van der Waals surface area (Å²) in [7, 11) is 1.67. The zero-order chi connectivity index (χ0) is 15.6. The van der Waals surface area contributed by atoms with Crippen LogP contribution in [0.5, 0.6) is 0 Å². The van der Waals surface area contributed by atoms with Gasteiger partial charge in [0.05, 0.1) is 18.4 Å². The highest BCUT2D eigenvalue weighted by molar-refractivity contribution is 5.41. The number of hydrogen-bond donors (Lipinski definition) is 1. The van der Waals surface area contributed by atoms with E-state index in [0.29, 0.717) is 19.1 Å². The molecule has 0 amide bonds. The molecule has 0 aliphatic carbocycles. The average Bonchev–Trinajstić information content (AvgIpc) is 2.41. The van der Waals surface area contributed by atoms with E-state index in [1.54, 1.807) is 7.11 Å². The topological polar surface area (TPSA) is 58.5 Å². The number of aliphatic hydroxyl groups is 1. The van der Waals surface area contributed by atoms with Gasteiger partial charge in [-0.2, -0.15) is 0 Å². The van der Waals surface area contributed by atoms with Crippen molar-refractivity contribution >= 4 is 5.82 Å². The van der Waals surface area contributed by atoms with E-state index in [9.17, 15) is 5.11 Å². The molecular weight excluding hydrogens is 266 g/mol. The Morgan fingerprint density at radius 1 is 1.38 bits per heavy atom. The van der Waals surface area contributed by atoms with Crippen LogP contribution < -0.4 is 4.90 Å². The van der Waals surface area contributed by atoms with Crippen LogP contribution in [0.15, 0.2) is 6.07 Å². The van der Waals surface area contributed by atoms with Crippen molar-refractivity contribution in [2.24, 2.45) is 5.92 Å². The third-order valence-electron chi connectivity index (χ3n) is 3.97. The number of β-amino-alcohol motifs (C(OH)–C–C–N with tert-alkyl or cyclic N) is 1. The summed E-state index contributed by atoms with van der Waals surface area (Å²) in [6, 6.07) is 1.97. The SMILES string of the molecule is COCc1cc(N2CCC(C)C(O)C2)nc(C(C)(C)C)n1. The molecule has 1 aromatic rings. The normalized spacial score (nSPS) is 23.4. The van der Waals surface area contributed by atoms with Gasteiger partial charge >= 0.3 is 0 Å². The first kappa shape index (κ1) is 16.2. The van der Waals surface area contributed by atoms with Gasteiger partial charge in [0.1, 0.15) is 11.6 Å². The number of nitrogens with zero attached hydrogens (tertiary/aromatic N) is 3. The molecule has 2 unspecified atom stereocenters. The summed E-state index contributed by atoms with van der Waals surface area (Å²) in [6.45, 7) is 10.4. The first-order valence-corrected chi connectivity index (χ1v) is 7.61. The molecule has 0 spiro atoms. The van der Waals surface area contributed by atoms with Crippen molar-refractivity contribution in [3.05, 3.63) is 17.6 Å². The summed E-state index contributed by atoms with van der Waals surface area (Å²) < 4.78 is 5.22. The third kappa shape index (κ3) is 3.92. The number of piperidine rings is 1. The quantitative estimate of drug-likeness (QED) is 0.925. The lowest BCUT2D eigenvalue weighted by Gasteiger charge is -2.35. The first-order valence-electron chi connectivity index (χ1n) is 7.61. The molecule has 0 bridgehead atoms. The largest absolute Gasteiger partial charge is 0.391 e. The Bertz CT molecular complexity index is 485. The van der Waals surface area contributed by atoms with Gasteiger partial charge in [0.2, 0.25) is 0 Å². The number of methoxy groups -OCH3 is 1. The van der Waals surface area contributed by atoms with Crippen LogP contribution in [0.3, 0.4) is 0 Å². The Morgan fingerprint density at radius 2 is 2.10 bits per heavy atom. The number of aromatic nitrogens is 2. The fraction of sp³-hybridized carbons (Fsp3) is 0.750. The Hall–Kier alpha value is -1.20. The fourth-order valence-electron chi connectivity index (χ4n) is 2.46. The number of hydrogen-bond acceptors (Lipinski definition) is 5. The lowest BCUT2D eigenvalue weighted by atomic mass is 9.95. The second kappa shape index (κ2) is 6.28. The minimum Gasteiger partial charge on any atom is -0.391 e. The van der Waals surface area contributed by atoms with Crippen LogP contribution in [-0.2, 0) is 16.8 Å². The number of aliphatic hydroxyl groups excluding tert-OH is 1. The summed E-state index contributed by atoms with van der Waals surface area (Å²) in [6.07, 6.45) is 0.688. The minimum absolute atomic E-state index is 0.111. The smallest absolute Gasteiger partial charge is 0.136 e. The van der Waals surface area contributed by atoms with Gasteiger partial charge in [-0.1, -0.05) is 27.7 Å². The predicted octanol–water partition coefficient (Wildman–Crippen LogP) is 2.13. The van der Waals surface area contributed by atoms with Gasteiger partial charge in [-0.25, -0.2) is 9.97 Å². The summed E-state index contributed by atoms with van der Waals surface area (Å²) in [4.78, 5) is 11.5. The van der Waals surface area contributed by atoms with E-state index in [1.165, 1.54) is 0 Å². The summed E-state index contributed by atoms with van der Waals surface area (Å²) in [5.41, 5.74) is 0.778. The number of anilines is 1. The molecule has 2 atom stereocenters. The van der Waals surface area contributed by atoms with Crippen LogP contribution in [0.1, 0.15) is 45.6 Å². The van der Waals surface area contributed by atoms with Crippen LogP contribution in [-0.4, -0.2) is 41.4 Å². The molecule has 2 heterocycles. The summed E-state index contributed by atoms with van der Waals surface area (Å²) in [5.74, 6) is 2.07. The Kier molecular flexibility index (Phi) is 4.84. The van der Waals surface area contributed by atoms with E-state index >= 15 is 0 Å². The average molecular weight is 293 g/mol. The van der Waals surface area contributed by atoms with Gasteiger partial charge in [-0.15, -0.1) is 0 Å². The van der Waals surface area contributed by atoms with Gasteiger partial charge in [0.25, 0.3) is 0 Å². The summed E-state index contributed by atoms with van der Waals surface area (Å²) >= 11 is 0. The van der Waals surface area contributed by atoms with Gasteiger partial charge in [0.15, 0.2) is 0 Å². The zero-order valence-electron chi connectivity index (χ0n) is 13.8. The minimum atomic E-state index is -0.294. The molecular formula is C16H27N3O2. The lowest BCUT2D eigenvalue weighted by molar-refractivity contribution is 0.102. The highest BCUT2D eigenvalue weighted by atomic mass is 16.5. The van der Waals surface area contributed by atoms with E-state index in [0.717, 1.165) is 30.3 Å². The predicted molar refractivity (Wildman–Crippen MR) is 83.4 cm³/mol. The van der Waals surface area contributed by atoms with Crippen LogP contribution >= 0.6 is 0 Å². The van der Waals surface area contributed by atoms with Crippen LogP contribution in [0, 0.1) is 5.92 Å². The second-order valence-electron chi connectivity index (χ2n) is 7.00. The molecule has 0 radical (unpaired) electrons. The van der Waals surface area contributed by atoms with Crippen LogP contribution in [0.25, 0.3) is 0 Å². The summed E-state index contributed by atoms with van der Waals surface area (Å²) in [5, 5.41) is 10.1. The Morgan fingerprint density at radius 3 is 2.67 bits per heavy atom. The molecule has 2 rings (SSSR count). The van der Waals surface area contributed by atoms with Crippen molar-refractivity contribution in [1.29, 1.82) is 0 Å². The van der Waals surface area contributed by atoms with Gasteiger partial charge in [-0.05, 0) is 12.3 Å². The molecule has 5 heteroatoms. The van der Waals surface area contributed by atoms with Crippen molar-refractivity contribution < 1.29 is 9.84 Å². The molecule has 5 nitrogen and oxygen atoms in total. The molecule has 0 aromatic carbocycles. The maximum Gasteiger partial charge on any atom is 0.136 e. The highest BCUT2D eigenvalue weighted by Gasteiger charge is 2.27. The van der Waals surface area contributed by atoms with Crippen LogP contribution in [0.2, 0.25) is 0 Å². The molecule has 0 saturated carbocycles. The van der Waals surface area contributed by atoms with Crippen molar-refractivity contribution in [2.45, 2.75) is 52.2 Å². The Balaban J connectivity index is 2.31. The third-order valence-corrected chi connectivity index (χ3v) is 3.97. The molecule has 1 N–H and O–H groups in total. The van der Waals surface area contributed by atoms with Crippen molar-refractivity contribution in [3.63, 3.8) is 0 Å². The van der Waals surface area contributed by atoms with Gasteiger partial charge < -0.3 is 14.7 Å². The highest BCUT2D eigenvalue weighted by Crippen LogP contribution is 2.26. The van der Waals surface area contributed by atoms with E-state index in [1.807, 2.05) is 6.07 Å². The van der Waals surface area contributed by atoms with E-state index < -0.39 is 0 Å². The maximum atomic E-state index is 10.1. The number of rotatable bonds is 3. The second-order valence-corrected chi connectivity index (χ2v) is 7.00. The fourth-order valence-corrected chi connectivity index (χ4v) is 2.46. The van der Waals surface area contributed by atoms with Crippen LogP contribution in [0.4, 0.5) is 5.82 Å².